The van der Waals surface area contributed by atoms with E-state index < -0.39 is 0 Å². The molecule has 0 aromatic rings. The van der Waals surface area contributed by atoms with Crippen LogP contribution in [0.15, 0.2) is 4.99 Å². The first-order valence-corrected chi connectivity index (χ1v) is 8.05. The molecule has 1 atom stereocenters. The zero-order valence-electron chi connectivity index (χ0n) is 13.0. The Hall–Kier alpha value is -0.810. The fourth-order valence-electron chi connectivity index (χ4n) is 2.72. The summed E-state index contributed by atoms with van der Waals surface area (Å²) < 4.78 is 11.4. The second-order valence-corrected chi connectivity index (χ2v) is 5.61. The molecule has 20 heavy (non-hydrogen) atoms. The molecule has 0 amide bonds. The Labute approximate surface area is 122 Å². The number of aliphatic imine (C=N–C) groups is 1. The molecule has 2 aliphatic rings. The summed E-state index contributed by atoms with van der Waals surface area (Å²) in [5.41, 5.74) is 0. The molecule has 0 radical (unpaired) electrons. The van der Waals surface area contributed by atoms with Crippen LogP contribution in [0.4, 0.5) is 0 Å². The van der Waals surface area contributed by atoms with Gasteiger partial charge in [0.05, 0.1) is 6.61 Å². The number of hydrogen-bond donors (Lipinski definition) is 0. The zero-order chi connectivity index (χ0) is 14.2. The van der Waals surface area contributed by atoms with Crippen molar-refractivity contribution < 1.29 is 9.47 Å². The first-order valence-electron chi connectivity index (χ1n) is 8.05. The Kier molecular flexibility index (Phi) is 6.60. The quantitative estimate of drug-likeness (QED) is 0.746. The molecule has 0 aromatic carbocycles. The second kappa shape index (κ2) is 8.47. The van der Waals surface area contributed by atoms with E-state index in [9.17, 15) is 0 Å². The highest BCUT2D eigenvalue weighted by Gasteiger charge is 2.21. The lowest BCUT2D eigenvalue weighted by Crippen LogP contribution is -2.49. The summed E-state index contributed by atoms with van der Waals surface area (Å²) in [5, 5.41) is 0. The molecule has 2 heterocycles. The lowest BCUT2D eigenvalue weighted by molar-refractivity contribution is -0.163. The van der Waals surface area contributed by atoms with Crippen molar-refractivity contribution in [3.8, 4) is 0 Å². The maximum absolute atomic E-state index is 5.84. The van der Waals surface area contributed by atoms with E-state index in [1.807, 2.05) is 0 Å². The molecule has 0 N–H and O–H groups in total. The molecule has 2 fully saturated rings. The molecular weight excluding hydrogens is 254 g/mol. The average Bonchev–Trinajstić information content (AvgIpc) is 2.48. The van der Waals surface area contributed by atoms with Crippen LogP contribution >= 0.6 is 0 Å². The Morgan fingerprint density at radius 2 is 2.20 bits per heavy atom. The topological polar surface area (TPSA) is 37.3 Å². The lowest BCUT2D eigenvalue weighted by Gasteiger charge is -2.37. The van der Waals surface area contributed by atoms with Crippen molar-refractivity contribution in [1.29, 1.82) is 0 Å². The van der Waals surface area contributed by atoms with Gasteiger partial charge >= 0.3 is 0 Å². The molecule has 0 aliphatic carbocycles. The van der Waals surface area contributed by atoms with E-state index in [0.717, 1.165) is 58.2 Å². The molecule has 0 aromatic heterocycles. The van der Waals surface area contributed by atoms with Crippen LogP contribution in [0.3, 0.4) is 0 Å². The number of rotatable bonds is 6. The van der Waals surface area contributed by atoms with E-state index in [1.54, 1.807) is 0 Å². The van der Waals surface area contributed by atoms with Crippen molar-refractivity contribution in [2.75, 3.05) is 46.4 Å². The van der Waals surface area contributed by atoms with Gasteiger partial charge in [-0.2, -0.15) is 0 Å². The van der Waals surface area contributed by atoms with Gasteiger partial charge in [-0.25, -0.2) is 0 Å². The van der Waals surface area contributed by atoms with Gasteiger partial charge in [0, 0.05) is 39.8 Å². The van der Waals surface area contributed by atoms with Crippen molar-refractivity contribution in [1.82, 2.24) is 9.80 Å². The summed E-state index contributed by atoms with van der Waals surface area (Å²) in [6, 6.07) is 0. The van der Waals surface area contributed by atoms with Crippen LogP contribution in [0.1, 0.15) is 39.0 Å². The summed E-state index contributed by atoms with van der Waals surface area (Å²) >= 11 is 0. The van der Waals surface area contributed by atoms with Gasteiger partial charge in [0.1, 0.15) is 0 Å². The number of nitrogens with zero attached hydrogens (tertiary/aromatic N) is 3. The van der Waals surface area contributed by atoms with Crippen LogP contribution in [-0.4, -0.2) is 68.5 Å². The largest absolute Gasteiger partial charge is 0.353 e. The Balaban J connectivity index is 1.76. The van der Waals surface area contributed by atoms with Gasteiger partial charge in [-0.3, -0.25) is 4.99 Å². The normalized spacial score (nSPS) is 26.3. The molecular formula is C15H29N3O2. The standard InChI is InChI=1S/C15H29N3O2/c1-3-8-16-15-17(2)9-6-10-18(15)11-13-20-14-7-4-5-12-19-14/h14H,3-13H2,1-2H3. The van der Waals surface area contributed by atoms with Crippen LogP contribution in [-0.2, 0) is 9.47 Å². The number of guanidine groups is 1. The van der Waals surface area contributed by atoms with Crippen LogP contribution < -0.4 is 0 Å². The number of ether oxygens (including phenoxy) is 2. The van der Waals surface area contributed by atoms with E-state index in [-0.39, 0.29) is 6.29 Å². The highest BCUT2D eigenvalue weighted by molar-refractivity contribution is 5.80. The maximum Gasteiger partial charge on any atom is 0.196 e. The van der Waals surface area contributed by atoms with Crippen molar-refractivity contribution in [2.45, 2.75) is 45.3 Å². The second-order valence-electron chi connectivity index (χ2n) is 5.61. The monoisotopic (exact) mass is 283 g/mol. The van der Waals surface area contributed by atoms with Gasteiger partial charge in [-0.15, -0.1) is 0 Å². The summed E-state index contributed by atoms with van der Waals surface area (Å²) in [6.45, 7) is 7.74. The summed E-state index contributed by atoms with van der Waals surface area (Å²) in [4.78, 5) is 9.32. The third-order valence-corrected chi connectivity index (χ3v) is 3.83. The lowest BCUT2D eigenvalue weighted by atomic mass is 10.2. The van der Waals surface area contributed by atoms with Crippen molar-refractivity contribution in [2.24, 2.45) is 4.99 Å². The average molecular weight is 283 g/mol. The molecule has 5 heteroatoms. The summed E-state index contributed by atoms with van der Waals surface area (Å²) in [6.07, 6.45) is 5.74. The molecule has 116 valence electrons. The highest BCUT2D eigenvalue weighted by Crippen LogP contribution is 2.14. The molecule has 0 saturated carbocycles. The van der Waals surface area contributed by atoms with Gasteiger partial charge in [0.15, 0.2) is 12.2 Å². The van der Waals surface area contributed by atoms with E-state index >= 15 is 0 Å². The van der Waals surface area contributed by atoms with Crippen LogP contribution in [0.2, 0.25) is 0 Å². The minimum absolute atomic E-state index is 0.0160. The van der Waals surface area contributed by atoms with Gasteiger partial charge < -0.3 is 19.3 Å². The Bertz CT molecular complexity index is 303. The highest BCUT2D eigenvalue weighted by atomic mass is 16.7. The van der Waals surface area contributed by atoms with E-state index in [1.165, 1.54) is 19.3 Å². The van der Waals surface area contributed by atoms with Crippen LogP contribution in [0, 0.1) is 0 Å². The van der Waals surface area contributed by atoms with Crippen molar-refractivity contribution in [3.63, 3.8) is 0 Å². The maximum atomic E-state index is 5.84. The predicted octanol–water partition coefficient (Wildman–Crippen LogP) is 1.93. The number of hydrogen-bond acceptors (Lipinski definition) is 3. The minimum Gasteiger partial charge on any atom is -0.353 e. The molecule has 0 spiro atoms. The summed E-state index contributed by atoms with van der Waals surface area (Å²) in [7, 11) is 2.13. The van der Waals surface area contributed by atoms with E-state index in [0.29, 0.717) is 0 Å². The van der Waals surface area contributed by atoms with Gasteiger partial charge in [0.2, 0.25) is 0 Å². The SMILES string of the molecule is CCCN=C1N(C)CCCN1CCOC1CCCCO1. The van der Waals surface area contributed by atoms with Crippen LogP contribution in [0.25, 0.3) is 0 Å². The molecule has 2 aliphatic heterocycles. The third kappa shape index (κ3) is 4.63. The fourth-order valence-corrected chi connectivity index (χ4v) is 2.72. The van der Waals surface area contributed by atoms with Crippen LogP contribution in [0.5, 0.6) is 0 Å². The predicted molar refractivity (Wildman–Crippen MR) is 81.0 cm³/mol. The third-order valence-electron chi connectivity index (χ3n) is 3.83. The molecule has 5 nitrogen and oxygen atoms in total. The van der Waals surface area contributed by atoms with Crippen molar-refractivity contribution >= 4 is 5.96 Å². The van der Waals surface area contributed by atoms with Gasteiger partial charge in [-0.05, 0) is 32.1 Å². The minimum atomic E-state index is 0.0160. The fraction of sp³-hybridized carbons (Fsp3) is 0.933. The molecule has 0 bridgehead atoms. The Morgan fingerprint density at radius 1 is 1.30 bits per heavy atom. The smallest absolute Gasteiger partial charge is 0.196 e. The first-order chi connectivity index (χ1) is 9.81. The molecule has 2 rings (SSSR count). The van der Waals surface area contributed by atoms with Crippen molar-refractivity contribution in [3.05, 3.63) is 0 Å². The summed E-state index contributed by atoms with van der Waals surface area (Å²) in [5.74, 6) is 1.13. The zero-order valence-corrected chi connectivity index (χ0v) is 13.0. The molecule has 1 unspecified atom stereocenters. The van der Waals surface area contributed by atoms with Gasteiger partial charge in [0.25, 0.3) is 0 Å². The van der Waals surface area contributed by atoms with Gasteiger partial charge in [-0.1, -0.05) is 6.92 Å². The molecule has 2 saturated heterocycles. The first kappa shape index (κ1) is 15.6. The Morgan fingerprint density at radius 3 is 2.95 bits per heavy atom. The van der Waals surface area contributed by atoms with E-state index in [4.69, 9.17) is 14.5 Å². The van der Waals surface area contributed by atoms with E-state index in [2.05, 4.69) is 23.8 Å².